The number of aliphatic hydroxyl groups excluding tert-OH is 1. The summed E-state index contributed by atoms with van der Waals surface area (Å²) in [5.41, 5.74) is 2.36. The third-order valence-corrected chi connectivity index (χ3v) is 3.98. The van der Waals surface area contributed by atoms with E-state index in [0.29, 0.717) is 5.56 Å². The Morgan fingerprint density at radius 2 is 1.46 bits per heavy atom. The van der Waals surface area contributed by atoms with Crippen molar-refractivity contribution in [1.29, 1.82) is 0 Å². The van der Waals surface area contributed by atoms with E-state index in [9.17, 15) is 19.8 Å². The number of carboxylic acid groups (broad SMARTS) is 1. The number of aromatic carboxylic acids is 1. The van der Waals surface area contributed by atoms with Gasteiger partial charge in [0.2, 0.25) is 0 Å². The zero-order chi connectivity index (χ0) is 17.1. The third-order valence-electron chi connectivity index (χ3n) is 3.98. The number of ketones is 1. The number of carboxylic acids is 1. The van der Waals surface area contributed by atoms with Crippen LogP contribution >= 0.6 is 0 Å². The van der Waals surface area contributed by atoms with Gasteiger partial charge in [-0.3, -0.25) is 4.79 Å². The van der Waals surface area contributed by atoms with E-state index in [1.54, 1.807) is 48.6 Å². The number of allylic oxidation sites excluding steroid dienone is 8. The van der Waals surface area contributed by atoms with Gasteiger partial charge in [-0.15, -0.1) is 0 Å². The fraction of sp³-hybridized carbons (Fsp3) is 0.100. The number of rotatable bonds is 3. The van der Waals surface area contributed by atoms with Crippen molar-refractivity contribution < 1.29 is 19.8 Å². The zero-order valence-electron chi connectivity index (χ0n) is 12.8. The van der Waals surface area contributed by atoms with E-state index in [-0.39, 0.29) is 17.3 Å². The van der Waals surface area contributed by atoms with E-state index in [2.05, 4.69) is 0 Å². The van der Waals surface area contributed by atoms with Crippen molar-refractivity contribution in [3.05, 3.63) is 89.6 Å². The minimum Gasteiger partial charge on any atom is -0.478 e. The van der Waals surface area contributed by atoms with E-state index in [1.807, 2.05) is 12.2 Å². The Balaban J connectivity index is 2.20. The van der Waals surface area contributed by atoms with Crippen LogP contribution in [0.4, 0.5) is 0 Å². The molecule has 1 aromatic rings. The molecule has 3 rings (SSSR count). The largest absolute Gasteiger partial charge is 0.478 e. The SMILES string of the molecule is O=C1C=CC(=C(c2ccccc2C(=O)O)C2C=CC(O)C=C2)C=C1. The maximum atomic E-state index is 11.6. The zero-order valence-corrected chi connectivity index (χ0v) is 12.8. The van der Waals surface area contributed by atoms with Crippen LogP contribution in [0.1, 0.15) is 15.9 Å². The summed E-state index contributed by atoms with van der Waals surface area (Å²) in [6, 6.07) is 6.79. The van der Waals surface area contributed by atoms with Gasteiger partial charge in [0, 0.05) is 5.92 Å². The van der Waals surface area contributed by atoms with Gasteiger partial charge in [-0.2, -0.15) is 0 Å². The van der Waals surface area contributed by atoms with Crippen molar-refractivity contribution in [2.75, 3.05) is 0 Å². The standard InChI is InChI=1S/C20H16O4/c21-15-9-5-13(6-10-15)19(14-7-11-16(22)12-8-14)17-3-1-2-4-18(17)20(23)24/h1-13,15,21H,(H,23,24). The first-order valence-corrected chi connectivity index (χ1v) is 7.58. The number of aliphatic hydroxyl groups is 1. The smallest absolute Gasteiger partial charge is 0.336 e. The molecule has 0 amide bonds. The van der Waals surface area contributed by atoms with Crippen molar-refractivity contribution in [2.45, 2.75) is 6.10 Å². The first-order valence-electron chi connectivity index (χ1n) is 7.58. The molecule has 0 heterocycles. The van der Waals surface area contributed by atoms with Crippen molar-refractivity contribution in [1.82, 2.24) is 0 Å². The number of carbonyl (C=O) groups is 2. The second-order valence-corrected chi connectivity index (χ2v) is 5.57. The summed E-state index contributed by atoms with van der Waals surface area (Å²) >= 11 is 0. The Morgan fingerprint density at radius 3 is 2.04 bits per heavy atom. The summed E-state index contributed by atoms with van der Waals surface area (Å²) in [5, 5.41) is 19.1. The Hall–Kier alpha value is -2.98. The van der Waals surface area contributed by atoms with E-state index in [1.165, 1.54) is 12.2 Å². The molecule has 0 bridgehead atoms. The molecule has 0 aliphatic heterocycles. The van der Waals surface area contributed by atoms with E-state index in [0.717, 1.165) is 11.1 Å². The molecule has 0 atom stereocenters. The second-order valence-electron chi connectivity index (χ2n) is 5.57. The van der Waals surface area contributed by atoms with Crippen LogP contribution < -0.4 is 0 Å². The van der Waals surface area contributed by atoms with Gasteiger partial charge in [-0.1, -0.05) is 54.7 Å². The van der Waals surface area contributed by atoms with Crippen LogP contribution in [0.15, 0.2) is 78.4 Å². The van der Waals surface area contributed by atoms with Crippen LogP contribution in [-0.2, 0) is 4.79 Å². The number of carbonyl (C=O) groups excluding carboxylic acids is 1. The molecule has 4 nitrogen and oxygen atoms in total. The minimum absolute atomic E-state index is 0.102. The normalized spacial score (nSPS) is 22.0. The van der Waals surface area contributed by atoms with Crippen molar-refractivity contribution >= 4 is 17.3 Å². The molecule has 1 aromatic carbocycles. The molecular formula is C20H16O4. The summed E-state index contributed by atoms with van der Waals surface area (Å²) in [6.45, 7) is 0. The van der Waals surface area contributed by atoms with Crippen LogP contribution in [-0.4, -0.2) is 28.1 Å². The van der Waals surface area contributed by atoms with E-state index < -0.39 is 12.1 Å². The first-order chi connectivity index (χ1) is 11.6. The van der Waals surface area contributed by atoms with Crippen LogP contribution in [0.2, 0.25) is 0 Å². The molecule has 0 fully saturated rings. The van der Waals surface area contributed by atoms with E-state index in [4.69, 9.17) is 0 Å². The van der Waals surface area contributed by atoms with Gasteiger partial charge in [0.05, 0.1) is 11.7 Å². The van der Waals surface area contributed by atoms with Gasteiger partial charge < -0.3 is 10.2 Å². The molecule has 2 N–H and O–H groups in total. The topological polar surface area (TPSA) is 74.6 Å². The molecule has 2 aliphatic carbocycles. The van der Waals surface area contributed by atoms with Crippen molar-refractivity contribution in [3.8, 4) is 0 Å². The van der Waals surface area contributed by atoms with Gasteiger partial charge in [0.1, 0.15) is 0 Å². The summed E-state index contributed by atoms with van der Waals surface area (Å²) in [5.74, 6) is -1.30. The Labute approximate surface area is 139 Å². The maximum Gasteiger partial charge on any atom is 0.336 e. The Kier molecular flexibility index (Phi) is 4.40. The quantitative estimate of drug-likeness (QED) is 0.840. The number of benzene rings is 1. The Morgan fingerprint density at radius 1 is 0.875 bits per heavy atom. The summed E-state index contributed by atoms with van der Waals surface area (Å²) < 4.78 is 0. The lowest BCUT2D eigenvalue weighted by Gasteiger charge is -2.22. The van der Waals surface area contributed by atoms with Crippen molar-refractivity contribution in [3.63, 3.8) is 0 Å². The molecule has 0 spiro atoms. The third kappa shape index (κ3) is 3.19. The summed E-state index contributed by atoms with van der Waals surface area (Å²) in [7, 11) is 0. The van der Waals surface area contributed by atoms with Gasteiger partial charge in [0.25, 0.3) is 0 Å². The maximum absolute atomic E-state index is 11.6. The van der Waals surface area contributed by atoms with Crippen LogP contribution in [0.5, 0.6) is 0 Å². The average Bonchev–Trinajstić information content (AvgIpc) is 2.59. The predicted octanol–water partition coefficient (Wildman–Crippen LogP) is 2.94. The molecule has 0 aromatic heterocycles. The van der Waals surface area contributed by atoms with Gasteiger partial charge in [0.15, 0.2) is 5.78 Å². The summed E-state index contributed by atoms with van der Waals surface area (Å²) in [6.07, 6.45) is 12.7. The minimum atomic E-state index is -1.01. The van der Waals surface area contributed by atoms with Gasteiger partial charge in [-0.05, 0) is 34.9 Å². The van der Waals surface area contributed by atoms with Gasteiger partial charge >= 0.3 is 5.97 Å². The second kappa shape index (κ2) is 6.64. The predicted molar refractivity (Wildman–Crippen MR) is 91.4 cm³/mol. The monoisotopic (exact) mass is 320 g/mol. The molecule has 4 heteroatoms. The summed E-state index contributed by atoms with van der Waals surface area (Å²) in [4.78, 5) is 23.0. The lowest BCUT2D eigenvalue weighted by molar-refractivity contribution is -0.110. The number of hydrogen-bond acceptors (Lipinski definition) is 3. The highest BCUT2D eigenvalue weighted by Crippen LogP contribution is 2.35. The molecular weight excluding hydrogens is 304 g/mol. The molecule has 120 valence electrons. The molecule has 0 unspecified atom stereocenters. The van der Waals surface area contributed by atoms with Crippen LogP contribution in [0.25, 0.3) is 5.57 Å². The number of hydrogen-bond donors (Lipinski definition) is 2. The molecule has 0 saturated heterocycles. The highest BCUT2D eigenvalue weighted by molar-refractivity contribution is 6.03. The molecule has 0 radical (unpaired) electrons. The highest BCUT2D eigenvalue weighted by Gasteiger charge is 2.22. The lowest BCUT2D eigenvalue weighted by Crippen LogP contribution is -2.12. The first kappa shape index (κ1) is 15.9. The Bertz CT molecular complexity index is 805. The molecule has 0 saturated carbocycles. The average molecular weight is 320 g/mol. The van der Waals surface area contributed by atoms with Gasteiger partial charge in [-0.25, -0.2) is 4.79 Å². The fourth-order valence-electron chi connectivity index (χ4n) is 2.85. The van der Waals surface area contributed by atoms with Crippen LogP contribution in [0, 0.1) is 5.92 Å². The molecule has 24 heavy (non-hydrogen) atoms. The van der Waals surface area contributed by atoms with Crippen LogP contribution in [0.3, 0.4) is 0 Å². The fourth-order valence-corrected chi connectivity index (χ4v) is 2.85. The van der Waals surface area contributed by atoms with E-state index >= 15 is 0 Å². The van der Waals surface area contributed by atoms with Crippen molar-refractivity contribution in [2.24, 2.45) is 5.92 Å². The highest BCUT2D eigenvalue weighted by atomic mass is 16.4. The lowest BCUT2D eigenvalue weighted by atomic mass is 9.82. The molecule has 2 aliphatic rings.